The smallest absolute Gasteiger partial charge is 0.295 e. The Labute approximate surface area is 189 Å². The van der Waals surface area contributed by atoms with Gasteiger partial charge in [0.05, 0.1) is 18.2 Å². The number of hydrogen-bond acceptors (Lipinski definition) is 6. The van der Waals surface area contributed by atoms with Crippen LogP contribution in [0.4, 0.5) is 0 Å². The number of aromatic nitrogens is 1. The Kier molecular flexibility index (Phi) is 8.00. The average molecular weight is 438 g/mol. The van der Waals surface area contributed by atoms with E-state index in [1.54, 1.807) is 53.7 Å². The lowest BCUT2D eigenvalue weighted by molar-refractivity contribution is -0.140. The van der Waals surface area contributed by atoms with Crippen molar-refractivity contribution >= 4 is 17.4 Å². The molecule has 1 amide bonds. The molecule has 1 aromatic heterocycles. The van der Waals surface area contributed by atoms with Crippen molar-refractivity contribution in [2.45, 2.75) is 33.2 Å². The first-order valence-corrected chi connectivity index (χ1v) is 11.2. The summed E-state index contributed by atoms with van der Waals surface area (Å²) in [5.41, 5.74) is 1.27. The number of likely N-dealkylation sites (tertiary alicyclic amines) is 1. The van der Waals surface area contributed by atoms with E-state index < -0.39 is 17.7 Å². The number of ether oxygens (including phenoxy) is 1. The molecule has 1 N–H and O–H groups in total. The third kappa shape index (κ3) is 4.99. The van der Waals surface area contributed by atoms with Crippen LogP contribution in [0.2, 0.25) is 0 Å². The maximum absolute atomic E-state index is 13.1. The lowest BCUT2D eigenvalue weighted by Crippen LogP contribution is -2.38. The molecule has 1 fully saturated rings. The van der Waals surface area contributed by atoms with Gasteiger partial charge in [-0.2, -0.15) is 0 Å². The topological polar surface area (TPSA) is 83.0 Å². The molecule has 32 heavy (non-hydrogen) atoms. The number of Topliss-reactive ketones (excluding diaryl/α,β-unsaturated/α-hetero) is 1. The number of pyridine rings is 1. The highest BCUT2D eigenvalue weighted by Crippen LogP contribution is 2.39. The molecular weight excluding hydrogens is 406 g/mol. The summed E-state index contributed by atoms with van der Waals surface area (Å²) in [6.07, 6.45) is 4.11. The fourth-order valence-corrected chi connectivity index (χ4v) is 3.90. The molecule has 0 saturated carbocycles. The normalized spacial score (nSPS) is 17.9. The number of carbonyl (C=O) groups excluding carboxylic acids is 2. The van der Waals surface area contributed by atoms with Gasteiger partial charge in [-0.25, -0.2) is 0 Å². The second kappa shape index (κ2) is 10.9. The molecule has 7 nitrogen and oxygen atoms in total. The zero-order valence-electron chi connectivity index (χ0n) is 19.0. The summed E-state index contributed by atoms with van der Waals surface area (Å²) >= 11 is 0. The van der Waals surface area contributed by atoms with Crippen LogP contribution in [-0.2, 0) is 9.59 Å². The molecule has 7 heteroatoms. The van der Waals surface area contributed by atoms with Crippen LogP contribution >= 0.6 is 0 Å². The Hall–Kier alpha value is -3.19. The molecule has 1 atom stereocenters. The predicted molar refractivity (Wildman–Crippen MR) is 123 cm³/mol. The monoisotopic (exact) mass is 437 g/mol. The summed E-state index contributed by atoms with van der Waals surface area (Å²) in [6.45, 7) is 9.42. The molecule has 2 heterocycles. The Morgan fingerprint density at radius 3 is 2.50 bits per heavy atom. The fraction of sp³-hybridized carbons (Fsp3) is 0.400. The number of likely N-dealkylation sites (N-methyl/N-ethyl adjacent to an activating group) is 1. The van der Waals surface area contributed by atoms with Gasteiger partial charge >= 0.3 is 0 Å². The lowest BCUT2D eigenvalue weighted by Gasteiger charge is -2.28. The minimum absolute atomic E-state index is 0.0911. The van der Waals surface area contributed by atoms with E-state index in [2.05, 4.69) is 23.7 Å². The van der Waals surface area contributed by atoms with Crippen LogP contribution in [0.25, 0.3) is 5.76 Å². The summed E-state index contributed by atoms with van der Waals surface area (Å²) in [5.74, 6) is -0.868. The number of rotatable bonds is 10. The van der Waals surface area contributed by atoms with Crippen LogP contribution in [0.15, 0.2) is 54.4 Å². The standard InChI is InChI=1S/C25H31N3O4/c1-4-16-32-20-9-7-8-19(17-20)23(29)21-22(18-10-12-26-13-11-18)28(25(31)24(21)30)15-14-27(5-2)6-3/h7-13,17,22,29H,4-6,14-16H2,1-3H3/b23-21-. The van der Waals surface area contributed by atoms with Gasteiger partial charge in [0.25, 0.3) is 11.7 Å². The third-order valence-electron chi connectivity index (χ3n) is 5.69. The van der Waals surface area contributed by atoms with Crippen LogP contribution in [0.3, 0.4) is 0 Å². The quantitative estimate of drug-likeness (QED) is 0.347. The molecule has 1 aliphatic heterocycles. The van der Waals surface area contributed by atoms with Crippen molar-refractivity contribution in [1.29, 1.82) is 0 Å². The van der Waals surface area contributed by atoms with Crippen molar-refractivity contribution in [2.75, 3.05) is 32.8 Å². The van der Waals surface area contributed by atoms with E-state index in [1.807, 2.05) is 6.92 Å². The first kappa shape index (κ1) is 23.5. The van der Waals surface area contributed by atoms with Crippen molar-refractivity contribution in [3.8, 4) is 5.75 Å². The maximum Gasteiger partial charge on any atom is 0.295 e. The minimum Gasteiger partial charge on any atom is -0.507 e. The molecule has 1 aromatic carbocycles. The van der Waals surface area contributed by atoms with Crippen molar-refractivity contribution in [2.24, 2.45) is 0 Å². The number of aliphatic hydroxyl groups excluding tert-OH is 1. The van der Waals surface area contributed by atoms with Crippen LogP contribution in [-0.4, -0.2) is 64.4 Å². The molecule has 2 aromatic rings. The molecule has 1 aliphatic rings. The second-order valence-corrected chi connectivity index (χ2v) is 7.68. The second-order valence-electron chi connectivity index (χ2n) is 7.68. The first-order valence-electron chi connectivity index (χ1n) is 11.2. The van der Waals surface area contributed by atoms with Gasteiger partial charge in [0, 0.05) is 31.0 Å². The zero-order chi connectivity index (χ0) is 23.1. The molecule has 0 radical (unpaired) electrons. The molecule has 1 saturated heterocycles. The van der Waals surface area contributed by atoms with Gasteiger partial charge in [-0.3, -0.25) is 14.6 Å². The largest absolute Gasteiger partial charge is 0.507 e. The number of hydrogen-bond donors (Lipinski definition) is 1. The van der Waals surface area contributed by atoms with Crippen LogP contribution in [0.5, 0.6) is 5.75 Å². The van der Waals surface area contributed by atoms with Gasteiger partial charge in [-0.1, -0.05) is 32.9 Å². The van der Waals surface area contributed by atoms with E-state index in [0.29, 0.717) is 31.0 Å². The molecule has 0 aliphatic carbocycles. The van der Waals surface area contributed by atoms with E-state index in [1.165, 1.54) is 0 Å². The predicted octanol–water partition coefficient (Wildman–Crippen LogP) is 3.63. The average Bonchev–Trinajstić information content (AvgIpc) is 3.08. The van der Waals surface area contributed by atoms with Gasteiger partial charge in [-0.05, 0) is 49.3 Å². The van der Waals surface area contributed by atoms with Gasteiger partial charge in [-0.15, -0.1) is 0 Å². The summed E-state index contributed by atoms with van der Waals surface area (Å²) in [4.78, 5) is 33.9. The molecule has 1 unspecified atom stereocenters. The first-order chi connectivity index (χ1) is 15.5. The molecular formula is C25H31N3O4. The van der Waals surface area contributed by atoms with Crippen molar-refractivity contribution < 1.29 is 19.4 Å². The SMILES string of the molecule is CCCOc1cccc(/C(O)=C2/C(=O)C(=O)N(CCN(CC)CC)C2c2ccncc2)c1. The maximum atomic E-state index is 13.1. The van der Waals surface area contributed by atoms with Gasteiger partial charge < -0.3 is 19.6 Å². The van der Waals surface area contributed by atoms with Crippen molar-refractivity contribution in [3.05, 3.63) is 65.5 Å². The van der Waals surface area contributed by atoms with E-state index in [9.17, 15) is 14.7 Å². The summed E-state index contributed by atoms with van der Waals surface area (Å²) in [7, 11) is 0. The highest BCUT2D eigenvalue weighted by molar-refractivity contribution is 6.46. The summed E-state index contributed by atoms with van der Waals surface area (Å²) in [6, 6.07) is 9.84. The Morgan fingerprint density at radius 2 is 1.84 bits per heavy atom. The highest BCUT2D eigenvalue weighted by atomic mass is 16.5. The van der Waals surface area contributed by atoms with Crippen LogP contribution in [0, 0.1) is 0 Å². The van der Waals surface area contributed by atoms with Crippen LogP contribution in [0.1, 0.15) is 44.4 Å². The van der Waals surface area contributed by atoms with E-state index >= 15 is 0 Å². The van der Waals surface area contributed by atoms with E-state index in [0.717, 1.165) is 25.1 Å². The summed E-state index contributed by atoms with van der Waals surface area (Å²) < 4.78 is 5.67. The third-order valence-corrected chi connectivity index (χ3v) is 5.69. The Bertz CT molecular complexity index is 970. The number of benzene rings is 1. The molecule has 3 rings (SSSR count). The van der Waals surface area contributed by atoms with Crippen LogP contribution < -0.4 is 4.74 Å². The molecule has 170 valence electrons. The minimum atomic E-state index is -0.677. The molecule has 0 bridgehead atoms. The Morgan fingerprint density at radius 1 is 1.12 bits per heavy atom. The number of nitrogens with zero attached hydrogens (tertiary/aromatic N) is 3. The highest BCUT2D eigenvalue weighted by Gasteiger charge is 2.45. The molecule has 0 spiro atoms. The van der Waals surface area contributed by atoms with E-state index in [-0.39, 0.29) is 11.3 Å². The Balaban J connectivity index is 2.04. The van der Waals surface area contributed by atoms with E-state index in [4.69, 9.17) is 4.74 Å². The lowest BCUT2D eigenvalue weighted by atomic mass is 9.96. The van der Waals surface area contributed by atoms with Gasteiger partial charge in [0.15, 0.2) is 0 Å². The van der Waals surface area contributed by atoms with Gasteiger partial charge in [0.1, 0.15) is 11.5 Å². The van der Waals surface area contributed by atoms with Crippen molar-refractivity contribution in [3.63, 3.8) is 0 Å². The number of amides is 1. The summed E-state index contributed by atoms with van der Waals surface area (Å²) in [5, 5.41) is 11.2. The number of aliphatic hydroxyl groups is 1. The number of ketones is 1. The van der Waals surface area contributed by atoms with Crippen molar-refractivity contribution in [1.82, 2.24) is 14.8 Å². The zero-order valence-corrected chi connectivity index (χ0v) is 19.0. The number of carbonyl (C=O) groups is 2. The fourth-order valence-electron chi connectivity index (χ4n) is 3.90. The van der Waals surface area contributed by atoms with Gasteiger partial charge in [0.2, 0.25) is 0 Å².